The minimum absolute atomic E-state index is 0.0781. The number of amides is 1. The summed E-state index contributed by atoms with van der Waals surface area (Å²) in [4.78, 5) is 18.9. The Kier molecular flexibility index (Phi) is 5.45. The first-order chi connectivity index (χ1) is 15.7. The first kappa shape index (κ1) is 20.0. The molecule has 1 saturated heterocycles. The Morgan fingerprint density at radius 1 is 1.25 bits per heavy atom. The second kappa shape index (κ2) is 8.70. The van der Waals surface area contributed by atoms with Gasteiger partial charge < -0.3 is 18.6 Å². The molecular formula is C23H23N5O4. The van der Waals surface area contributed by atoms with E-state index in [1.165, 1.54) is 0 Å². The zero-order valence-electron chi connectivity index (χ0n) is 17.7. The first-order valence-electron chi connectivity index (χ1n) is 10.6. The highest BCUT2D eigenvalue weighted by Crippen LogP contribution is 2.30. The molecule has 164 valence electrons. The van der Waals surface area contributed by atoms with Crippen LogP contribution in [-0.4, -0.2) is 44.3 Å². The Balaban J connectivity index is 1.23. The largest absolute Gasteiger partial charge is 0.494 e. The second-order valence-corrected chi connectivity index (χ2v) is 7.77. The maximum atomic E-state index is 12.6. The van der Waals surface area contributed by atoms with Gasteiger partial charge in [0, 0.05) is 31.5 Å². The molecule has 9 heteroatoms. The van der Waals surface area contributed by atoms with Crippen LogP contribution >= 0.6 is 0 Å². The van der Waals surface area contributed by atoms with Crippen LogP contribution in [0.4, 0.5) is 0 Å². The summed E-state index contributed by atoms with van der Waals surface area (Å²) in [6, 6.07) is 13.3. The van der Waals surface area contributed by atoms with Gasteiger partial charge in [0.25, 0.3) is 5.89 Å². The number of hydrogen-bond donors (Lipinski definition) is 1. The molecule has 0 saturated carbocycles. The maximum absolute atomic E-state index is 12.6. The fourth-order valence-electron chi connectivity index (χ4n) is 3.72. The number of rotatable bonds is 8. The number of furan rings is 1. The quantitative estimate of drug-likeness (QED) is 0.447. The van der Waals surface area contributed by atoms with Crippen molar-refractivity contribution in [3.63, 3.8) is 0 Å². The molecule has 4 aromatic rings. The lowest BCUT2D eigenvalue weighted by atomic mass is 10.1. The molecule has 1 atom stereocenters. The Morgan fingerprint density at radius 3 is 2.91 bits per heavy atom. The van der Waals surface area contributed by atoms with Crippen LogP contribution in [0.3, 0.4) is 0 Å². The molecule has 0 spiro atoms. The lowest BCUT2D eigenvalue weighted by Gasteiger charge is -2.16. The van der Waals surface area contributed by atoms with Crippen LogP contribution in [0.1, 0.15) is 37.1 Å². The van der Waals surface area contributed by atoms with Crippen molar-refractivity contribution >= 4 is 5.91 Å². The third-order valence-electron chi connectivity index (χ3n) is 5.37. The predicted molar refractivity (Wildman–Crippen MR) is 115 cm³/mol. The number of hydrogen-bond acceptors (Lipinski definition) is 7. The molecule has 0 bridgehead atoms. The van der Waals surface area contributed by atoms with Gasteiger partial charge in [-0.05, 0) is 36.2 Å². The summed E-state index contributed by atoms with van der Waals surface area (Å²) in [5, 5.41) is 11.2. The van der Waals surface area contributed by atoms with Crippen molar-refractivity contribution in [3.8, 4) is 28.8 Å². The van der Waals surface area contributed by atoms with Gasteiger partial charge in [-0.2, -0.15) is 10.1 Å². The van der Waals surface area contributed by atoms with Crippen molar-refractivity contribution in [2.75, 3.05) is 13.2 Å². The number of nitrogens with zero attached hydrogens (tertiary/aromatic N) is 4. The minimum atomic E-state index is -0.111. The number of nitrogens with one attached hydrogen (secondary N) is 1. The molecule has 3 aromatic heterocycles. The topological polar surface area (TPSA) is 110 Å². The number of ether oxygens (including phenoxy) is 1. The molecule has 1 aromatic carbocycles. The summed E-state index contributed by atoms with van der Waals surface area (Å²) in [5.74, 6) is 2.31. The van der Waals surface area contributed by atoms with Gasteiger partial charge in [0.1, 0.15) is 17.1 Å². The van der Waals surface area contributed by atoms with Gasteiger partial charge in [-0.25, -0.2) is 0 Å². The number of carbonyl (C=O) groups is 1. The summed E-state index contributed by atoms with van der Waals surface area (Å²) in [6.45, 7) is 3.86. The van der Waals surface area contributed by atoms with E-state index in [2.05, 4.69) is 27.3 Å². The molecule has 0 radical (unpaired) electrons. The van der Waals surface area contributed by atoms with E-state index in [0.29, 0.717) is 55.0 Å². The molecule has 1 fully saturated rings. The van der Waals surface area contributed by atoms with E-state index < -0.39 is 0 Å². The van der Waals surface area contributed by atoms with E-state index in [1.54, 1.807) is 18.4 Å². The normalized spacial score (nSPS) is 16.1. The second-order valence-electron chi connectivity index (χ2n) is 7.77. The highest BCUT2D eigenvalue weighted by Gasteiger charge is 2.34. The molecule has 1 unspecified atom stereocenters. The summed E-state index contributed by atoms with van der Waals surface area (Å²) in [7, 11) is 0. The number of benzene rings is 1. The minimum Gasteiger partial charge on any atom is -0.494 e. The monoisotopic (exact) mass is 433 g/mol. The van der Waals surface area contributed by atoms with Crippen molar-refractivity contribution < 1.29 is 18.5 Å². The summed E-state index contributed by atoms with van der Waals surface area (Å²) >= 11 is 0. The number of aromatic amines is 1. The zero-order valence-corrected chi connectivity index (χ0v) is 17.7. The van der Waals surface area contributed by atoms with Crippen molar-refractivity contribution in [1.82, 2.24) is 25.2 Å². The third kappa shape index (κ3) is 4.14. The molecule has 1 aliphatic heterocycles. The van der Waals surface area contributed by atoms with E-state index >= 15 is 0 Å². The smallest absolute Gasteiger partial charge is 0.275 e. The van der Waals surface area contributed by atoms with Gasteiger partial charge in [-0.3, -0.25) is 9.89 Å². The Hall–Kier alpha value is -3.88. The number of likely N-dealkylation sites (tertiary alicyclic amines) is 1. The fraction of sp³-hybridized carbons (Fsp3) is 0.304. The first-order valence-corrected chi connectivity index (χ1v) is 10.6. The highest BCUT2D eigenvalue weighted by molar-refractivity contribution is 5.79. The molecule has 1 N–H and O–H groups in total. The van der Waals surface area contributed by atoms with Crippen LogP contribution in [0, 0.1) is 0 Å². The summed E-state index contributed by atoms with van der Waals surface area (Å²) in [5.41, 5.74) is 2.30. The molecule has 9 nitrogen and oxygen atoms in total. The Morgan fingerprint density at radius 2 is 2.12 bits per heavy atom. The zero-order chi connectivity index (χ0) is 21.9. The third-order valence-corrected chi connectivity index (χ3v) is 5.37. The number of aromatic nitrogens is 4. The van der Waals surface area contributed by atoms with Crippen LogP contribution < -0.4 is 4.74 Å². The van der Waals surface area contributed by atoms with E-state index in [4.69, 9.17) is 13.7 Å². The molecule has 1 aliphatic rings. The van der Waals surface area contributed by atoms with Crippen molar-refractivity contribution in [1.29, 1.82) is 0 Å². The van der Waals surface area contributed by atoms with Gasteiger partial charge in [0.2, 0.25) is 5.91 Å². The van der Waals surface area contributed by atoms with Gasteiger partial charge >= 0.3 is 0 Å². The van der Waals surface area contributed by atoms with Crippen LogP contribution in [0.5, 0.6) is 5.75 Å². The molecule has 4 heterocycles. The van der Waals surface area contributed by atoms with Gasteiger partial charge in [-0.1, -0.05) is 24.2 Å². The summed E-state index contributed by atoms with van der Waals surface area (Å²) in [6.07, 6.45) is 2.91. The Labute approximate surface area is 184 Å². The van der Waals surface area contributed by atoms with E-state index in [9.17, 15) is 4.79 Å². The van der Waals surface area contributed by atoms with Crippen molar-refractivity contribution in [2.24, 2.45) is 0 Å². The summed E-state index contributed by atoms with van der Waals surface area (Å²) < 4.78 is 16.4. The lowest BCUT2D eigenvalue weighted by Crippen LogP contribution is -2.24. The maximum Gasteiger partial charge on any atom is 0.275 e. The average Bonchev–Trinajstić information content (AvgIpc) is 3.60. The van der Waals surface area contributed by atoms with Crippen LogP contribution in [0.25, 0.3) is 23.0 Å². The van der Waals surface area contributed by atoms with E-state index in [1.807, 2.05) is 35.2 Å². The van der Waals surface area contributed by atoms with E-state index in [-0.39, 0.29) is 11.8 Å². The lowest BCUT2D eigenvalue weighted by molar-refractivity contribution is -0.128. The Bertz CT molecular complexity index is 1180. The molecule has 5 rings (SSSR count). The predicted octanol–water partition coefficient (Wildman–Crippen LogP) is 4.02. The van der Waals surface area contributed by atoms with Crippen molar-refractivity contribution in [3.05, 3.63) is 60.1 Å². The number of H-pyrrole nitrogens is 1. The van der Waals surface area contributed by atoms with Crippen molar-refractivity contribution in [2.45, 2.75) is 32.2 Å². The van der Waals surface area contributed by atoms with Gasteiger partial charge in [0.05, 0.1) is 12.9 Å². The molecule has 32 heavy (non-hydrogen) atoms. The SMILES string of the molecule is CCCOc1ccc(CN2CC(c3noc(-c4cc(-c5ccco5)n[nH]4)n3)CC2=O)cc1. The number of carbonyl (C=O) groups excluding carboxylic acids is 1. The van der Waals surface area contributed by atoms with Gasteiger partial charge in [0.15, 0.2) is 11.6 Å². The van der Waals surface area contributed by atoms with Gasteiger partial charge in [-0.15, -0.1) is 0 Å². The molecule has 1 amide bonds. The molecule has 0 aliphatic carbocycles. The standard InChI is InChI=1S/C23H23N5O4/c1-2-9-30-17-7-5-15(6-8-17)13-28-14-16(11-21(28)29)22-24-23(32-27-22)19-12-18(25-26-19)20-4-3-10-31-20/h3-8,10,12,16H,2,9,11,13-14H2,1H3,(H,25,26). The fourth-order valence-corrected chi connectivity index (χ4v) is 3.72. The van der Waals surface area contributed by atoms with Crippen LogP contribution in [0.2, 0.25) is 0 Å². The average molecular weight is 433 g/mol. The van der Waals surface area contributed by atoms with Crippen LogP contribution in [-0.2, 0) is 11.3 Å². The van der Waals surface area contributed by atoms with E-state index in [0.717, 1.165) is 17.7 Å². The van der Waals surface area contributed by atoms with Crippen LogP contribution in [0.15, 0.2) is 57.7 Å². The highest BCUT2D eigenvalue weighted by atomic mass is 16.5. The molecular weight excluding hydrogens is 410 g/mol.